The number of nitrogens with zero attached hydrogens (tertiary/aromatic N) is 1. The summed E-state index contributed by atoms with van der Waals surface area (Å²) in [6, 6.07) is 27.6. The average Bonchev–Trinajstić information content (AvgIpc) is 2.91. The zero-order valence-corrected chi connectivity index (χ0v) is 22.3. The van der Waals surface area contributed by atoms with E-state index in [9.17, 15) is 4.79 Å². The van der Waals surface area contributed by atoms with E-state index in [1.54, 1.807) is 12.1 Å². The van der Waals surface area contributed by atoms with Crippen molar-refractivity contribution < 1.29 is 19.0 Å². The third-order valence-electron chi connectivity index (χ3n) is 7.28. The van der Waals surface area contributed by atoms with Gasteiger partial charge in [-0.15, -0.1) is 12.4 Å². The fraction of sp³-hybridized carbons (Fsp3) is 0.281. The molecule has 2 atom stereocenters. The number of aryl methyl sites for hydroxylation is 1. The zero-order chi connectivity index (χ0) is 25.8. The van der Waals surface area contributed by atoms with Gasteiger partial charge in [-0.05, 0) is 77.8 Å². The first-order valence-electron chi connectivity index (χ1n) is 13.0. The molecular formula is C32H33ClFNO3. The molecule has 198 valence electrons. The van der Waals surface area contributed by atoms with Gasteiger partial charge in [0.05, 0.1) is 17.9 Å². The monoisotopic (exact) mass is 533 g/mol. The Labute approximate surface area is 229 Å². The molecule has 1 N–H and O–H groups in total. The van der Waals surface area contributed by atoms with E-state index < -0.39 is 5.97 Å². The van der Waals surface area contributed by atoms with Crippen molar-refractivity contribution in [3.05, 3.63) is 102 Å². The normalized spacial score (nSPS) is 15.3. The highest BCUT2D eigenvalue weighted by Crippen LogP contribution is 2.40. The SMILES string of the molecule is C[C@@H](CCCC1CN(c2cc(CCC(=O)O)ccc2F)c2ccccc2O1)c1cccc2ccccc12.Cl. The summed E-state index contributed by atoms with van der Waals surface area (Å²) in [7, 11) is 0. The molecule has 0 radical (unpaired) electrons. The van der Waals surface area contributed by atoms with Crippen molar-refractivity contribution in [1.29, 1.82) is 0 Å². The van der Waals surface area contributed by atoms with Crippen molar-refractivity contribution in [1.82, 2.24) is 0 Å². The molecule has 1 aliphatic heterocycles. The third kappa shape index (κ3) is 6.11. The summed E-state index contributed by atoms with van der Waals surface area (Å²) in [6.45, 7) is 2.82. The number of fused-ring (bicyclic) bond motifs is 2. The average molecular weight is 534 g/mol. The number of carboxylic acids is 1. The number of hydrogen-bond donors (Lipinski definition) is 1. The van der Waals surface area contributed by atoms with E-state index in [1.165, 1.54) is 22.4 Å². The minimum atomic E-state index is -0.861. The molecule has 0 saturated heterocycles. The number of hydrogen-bond acceptors (Lipinski definition) is 3. The summed E-state index contributed by atoms with van der Waals surface area (Å²) < 4.78 is 21.4. The van der Waals surface area contributed by atoms with Crippen LogP contribution in [-0.2, 0) is 11.2 Å². The van der Waals surface area contributed by atoms with Crippen LogP contribution in [0.25, 0.3) is 10.8 Å². The molecule has 4 aromatic carbocycles. The molecule has 0 spiro atoms. The van der Waals surface area contributed by atoms with Crippen molar-refractivity contribution in [2.45, 2.75) is 51.0 Å². The van der Waals surface area contributed by atoms with Crippen molar-refractivity contribution in [3.8, 4) is 5.75 Å². The van der Waals surface area contributed by atoms with Gasteiger partial charge in [0.2, 0.25) is 0 Å². The smallest absolute Gasteiger partial charge is 0.303 e. The van der Waals surface area contributed by atoms with Crippen LogP contribution in [0.15, 0.2) is 84.9 Å². The number of benzene rings is 4. The van der Waals surface area contributed by atoms with Crippen molar-refractivity contribution in [2.24, 2.45) is 0 Å². The molecule has 0 aliphatic carbocycles. The maximum absolute atomic E-state index is 15.0. The summed E-state index contributed by atoms with van der Waals surface area (Å²) in [6.07, 6.45) is 3.20. The van der Waals surface area contributed by atoms with Crippen molar-refractivity contribution in [2.75, 3.05) is 11.4 Å². The number of ether oxygens (including phenoxy) is 1. The van der Waals surface area contributed by atoms with Gasteiger partial charge in [-0.2, -0.15) is 0 Å². The van der Waals surface area contributed by atoms with Crippen molar-refractivity contribution in [3.63, 3.8) is 0 Å². The number of rotatable bonds is 9. The molecule has 0 saturated carbocycles. The Hall–Kier alpha value is -3.57. The third-order valence-corrected chi connectivity index (χ3v) is 7.28. The highest BCUT2D eigenvalue weighted by atomic mass is 35.5. The molecule has 6 heteroatoms. The van der Waals surface area contributed by atoms with Gasteiger partial charge in [-0.25, -0.2) is 4.39 Å². The number of para-hydroxylation sites is 2. The van der Waals surface area contributed by atoms with Crippen LogP contribution in [0.2, 0.25) is 0 Å². The maximum atomic E-state index is 15.0. The summed E-state index contributed by atoms with van der Waals surface area (Å²) in [4.78, 5) is 13.0. The van der Waals surface area contributed by atoms with Gasteiger partial charge in [0.25, 0.3) is 0 Å². The minimum absolute atomic E-state index is 0. The predicted molar refractivity (Wildman–Crippen MR) is 154 cm³/mol. The van der Waals surface area contributed by atoms with Crippen molar-refractivity contribution >= 4 is 40.5 Å². The Morgan fingerprint density at radius 3 is 2.63 bits per heavy atom. The second kappa shape index (κ2) is 12.3. The van der Waals surface area contributed by atoms with Gasteiger partial charge >= 0.3 is 5.97 Å². The largest absolute Gasteiger partial charge is 0.486 e. The van der Waals surface area contributed by atoms with E-state index in [1.807, 2.05) is 29.2 Å². The lowest BCUT2D eigenvalue weighted by molar-refractivity contribution is -0.136. The van der Waals surface area contributed by atoms with Gasteiger partial charge in [0.15, 0.2) is 0 Å². The van der Waals surface area contributed by atoms with E-state index in [2.05, 4.69) is 49.4 Å². The lowest BCUT2D eigenvalue weighted by atomic mass is 9.90. The van der Waals surface area contributed by atoms with E-state index in [0.717, 1.165) is 36.3 Å². The number of halogens is 2. The number of aliphatic carboxylic acids is 1. The van der Waals surface area contributed by atoms with Gasteiger partial charge in [-0.3, -0.25) is 4.79 Å². The molecule has 0 bridgehead atoms. The highest BCUT2D eigenvalue weighted by Gasteiger charge is 2.28. The number of carboxylic acid groups (broad SMARTS) is 1. The molecule has 4 nitrogen and oxygen atoms in total. The van der Waals surface area contributed by atoms with E-state index >= 15 is 4.39 Å². The van der Waals surface area contributed by atoms with Crippen LogP contribution in [0.4, 0.5) is 15.8 Å². The Kier molecular flexibility index (Phi) is 8.90. The van der Waals surface area contributed by atoms with Crippen LogP contribution in [-0.4, -0.2) is 23.7 Å². The minimum Gasteiger partial charge on any atom is -0.486 e. The Balaban J connectivity index is 0.00000336. The van der Waals surface area contributed by atoms with Gasteiger partial charge in [0, 0.05) is 6.42 Å². The summed E-state index contributed by atoms with van der Waals surface area (Å²) in [5.74, 6) is -0.0166. The van der Waals surface area contributed by atoms with Crippen LogP contribution >= 0.6 is 12.4 Å². The summed E-state index contributed by atoms with van der Waals surface area (Å²) in [5.41, 5.74) is 3.48. The zero-order valence-electron chi connectivity index (χ0n) is 21.5. The first-order chi connectivity index (χ1) is 18.0. The second-order valence-electron chi connectivity index (χ2n) is 9.90. The predicted octanol–water partition coefficient (Wildman–Crippen LogP) is 8.29. The molecule has 1 unspecified atom stereocenters. The summed E-state index contributed by atoms with van der Waals surface area (Å²) >= 11 is 0. The summed E-state index contributed by atoms with van der Waals surface area (Å²) in [5, 5.41) is 11.6. The highest BCUT2D eigenvalue weighted by molar-refractivity contribution is 5.86. The number of carbonyl (C=O) groups is 1. The quantitative estimate of drug-likeness (QED) is 0.235. The molecule has 1 heterocycles. The lowest BCUT2D eigenvalue weighted by Gasteiger charge is -2.37. The van der Waals surface area contributed by atoms with Crippen LogP contribution in [0.5, 0.6) is 5.75 Å². The fourth-order valence-electron chi connectivity index (χ4n) is 5.34. The van der Waals surface area contributed by atoms with Gasteiger partial charge < -0.3 is 14.7 Å². The maximum Gasteiger partial charge on any atom is 0.303 e. The Morgan fingerprint density at radius 2 is 1.79 bits per heavy atom. The lowest BCUT2D eigenvalue weighted by Crippen LogP contribution is -2.37. The first-order valence-corrected chi connectivity index (χ1v) is 13.0. The molecule has 4 aromatic rings. The Morgan fingerprint density at radius 1 is 1.03 bits per heavy atom. The van der Waals surface area contributed by atoms with Gasteiger partial charge in [0.1, 0.15) is 17.7 Å². The second-order valence-corrected chi connectivity index (χ2v) is 9.90. The molecule has 38 heavy (non-hydrogen) atoms. The molecule has 5 rings (SSSR count). The van der Waals surface area contributed by atoms with E-state index in [0.29, 0.717) is 24.6 Å². The fourth-order valence-corrected chi connectivity index (χ4v) is 5.34. The van der Waals surface area contributed by atoms with Gasteiger partial charge in [-0.1, -0.05) is 67.6 Å². The molecule has 1 aliphatic rings. The van der Waals surface area contributed by atoms with E-state index in [4.69, 9.17) is 9.84 Å². The van der Waals surface area contributed by atoms with Crippen LogP contribution in [0, 0.1) is 5.82 Å². The standard InChI is InChI=1S/C32H32FNO3.ClH/c1-22(26-13-7-10-24-9-2-3-12-27(24)26)8-6-11-25-21-34(29-14-4-5-15-31(29)37-25)30-20-23(16-18-28(30)33)17-19-32(35)36;/h2-5,7,9-10,12-16,18,20,22,25H,6,8,11,17,19,21H2,1H3,(H,35,36);1H/t22-,25?;/m0./s1. The molecular weight excluding hydrogens is 501 g/mol. The van der Waals surface area contributed by atoms with Crippen LogP contribution in [0.1, 0.15) is 49.7 Å². The molecule has 0 aromatic heterocycles. The van der Waals surface area contributed by atoms with Crippen LogP contribution in [0.3, 0.4) is 0 Å². The number of anilines is 2. The topological polar surface area (TPSA) is 49.8 Å². The first kappa shape index (κ1) is 27.5. The Bertz CT molecular complexity index is 1400. The van der Waals surface area contributed by atoms with Crippen LogP contribution < -0.4 is 9.64 Å². The van der Waals surface area contributed by atoms with E-state index in [-0.39, 0.29) is 30.7 Å². The molecule has 0 fully saturated rings. The molecule has 0 amide bonds.